The maximum atomic E-state index is 11.9. The maximum Gasteiger partial charge on any atom is 0.410 e. The highest BCUT2D eigenvalue weighted by Gasteiger charge is 2.44. The minimum Gasteiger partial charge on any atom is -0.444 e. The molecule has 2 aliphatic heterocycles. The summed E-state index contributed by atoms with van der Waals surface area (Å²) in [7, 11) is 0. The van der Waals surface area contributed by atoms with Crippen molar-refractivity contribution in [2.75, 3.05) is 26.2 Å². The van der Waals surface area contributed by atoms with Crippen LogP contribution in [0, 0.1) is 0 Å². The van der Waals surface area contributed by atoms with Gasteiger partial charge in [0.05, 0.1) is 6.54 Å². The Balaban J connectivity index is 1.92. The summed E-state index contributed by atoms with van der Waals surface area (Å²) in [6, 6.07) is 0. The van der Waals surface area contributed by atoms with Crippen molar-refractivity contribution in [2.24, 2.45) is 0 Å². The molecule has 2 aliphatic rings. The Bertz CT molecular complexity index is 352. The molecule has 2 heterocycles. The summed E-state index contributed by atoms with van der Waals surface area (Å²) in [6.07, 6.45) is 0.409. The van der Waals surface area contributed by atoms with Crippen LogP contribution in [0.15, 0.2) is 0 Å². The van der Waals surface area contributed by atoms with Crippen LogP contribution in [0.3, 0.4) is 0 Å². The zero-order chi connectivity index (χ0) is 13.4. The number of hydrogen-bond donors (Lipinski definition) is 1. The van der Waals surface area contributed by atoms with E-state index in [1.54, 1.807) is 4.90 Å². The number of likely N-dealkylation sites (tertiary alicyclic amines) is 1. The number of hydrogen-bond acceptors (Lipinski definition) is 4. The van der Waals surface area contributed by atoms with Gasteiger partial charge in [-0.25, -0.2) is 4.79 Å². The molecule has 6 heteroatoms. The first-order valence-corrected chi connectivity index (χ1v) is 6.18. The van der Waals surface area contributed by atoms with Crippen LogP contribution >= 0.6 is 0 Å². The summed E-state index contributed by atoms with van der Waals surface area (Å²) in [4.78, 5) is 24.6. The Morgan fingerprint density at radius 3 is 2.78 bits per heavy atom. The van der Waals surface area contributed by atoms with Crippen molar-refractivity contribution in [1.29, 1.82) is 0 Å². The monoisotopic (exact) mass is 256 g/mol. The Morgan fingerprint density at radius 1 is 1.50 bits per heavy atom. The van der Waals surface area contributed by atoms with E-state index in [1.165, 1.54) is 0 Å². The lowest BCUT2D eigenvalue weighted by molar-refractivity contribution is -0.142. The second-order valence-corrected chi connectivity index (χ2v) is 5.90. The fourth-order valence-electron chi connectivity index (χ4n) is 2.17. The Hall–Kier alpha value is -1.30. The van der Waals surface area contributed by atoms with E-state index in [-0.39, 0.29) is 18.6 Å². The number of amides is 2. The molecule has 1 atom stereocenters. The van der Waals surface area contributed by atoms with Crippen LogP contribution in [0.4, 0.5) is 4.79 Å². The summed E-state index contributed by atoms with van der Waals surface area (Å²) in [5.74, 6) is -0.101. The van der Waals surface area contributed by atoms with E-state index in [9.17, 15) is 9.59 Å². The second-order valence-electron chi connectivity index (χ2n) is 5.90. The predicted molar refractivity (Wildman–Crippen MR) is 64.1 cm³/mol. The van der Waals surface area contributed by atoms with Crippen LogP contribution in [0.5, 0.6) is 0 Å². The number of morpholine rings is 1. The molecule has 18 heavy (non-hydrogen) atoms. The Kier molecular flexibility index (Phi) is 3.23. The van der Waals surface area contributed by atoms with Crippen molar-refractivity contribution >= 4 is 12.0 Å². The summed E-state index contributed by atoms with van der Waals surface area (Å²) < 4.78 is 10.9. The Labute approximate surface area is 107 Å². The minimum absolute atomic E-state index is 0.0716. The van der Waals surface area contributed by atoms with Gasteiger partial charge in [-0.15, -0.1) is 0 Å². The first kappa shape index (κ1) is 13.1. The summed E-state index contributed by atoms with van der Waals surface area (Å²) in [5.41, 5.74) is -0.917. The molecule has 102 valence electrons. The molecule has 1 spiro atoms. The lowest BCUT2D eigenvalue weighted by Crippen LogP contribution is -2.54. The average Bonchev–Trinajstić information content (AvgIpc) is 2.65. The standard InChI is InChI=1S/C12H20N2O4/c1-11(2,3)18-10(16)14-5-4-12(8-14)7-13-9(15)6-17-12/h4-8H2,1-3H3,(H,13,15)/t12-/m1/s1. The molecule has 0 unspecified atom stereocenters. The smallest absolute Gasteiger partial charge is 0.410 e. The molecular weight excluding hydrogens is 236 g/mol. The van der Waals surface area contributed by atoms with Crippen molar-refractivity contribution < 1.29 is 19.1 Å². The van der Waals surface area contributed by atoms with E-state index in [0.717, 1.165) is 6.42 Å². The number of carbonyl (C=O) groups excluding carboxylic acids is 2. The predicted octanol–water partition coefficient (Wildman–Crippen LogP) is 0.512. The van der Waals surface area contributed by atoms with E-state index in [4.69, 9.17) is 9.47 Å². The molecule has 0 aliphatic carbocycles. The van der Waals surface area contributed by atoms with E-state index in [2.05, 4.69) is 5.32 Å². The first-order valence-electron chi connectivity index (χ1n) is 6.18. The van der Waals surface area contributed by atoms with Gasteiger partial charge in [0, 0.05) is 13.1 Å². The molecule has 0 aromatic rings. The lowest BCUT2D eigenvalue weighted by Gasteiger charge is -2.33. The largest absolute Gasteiger partial charge is 0.444 e. The van der Waals surface area contributed by atoms with Gasteiger partial charge < -0.3 is 19.7 Å². The van der Waals surface area contributed by atoms with Gasteiger partial charge in [0.2, 0.25) is 5.91 Å². The fraction of sp³-hybridized carbons (Fsp3) is 0.833. The molecule has 0 saturated carbocycles. The molecule has 0 radical (unpaired) electrons. The third-order valence-corrected chi connectivity index (χ3v) is 3.09. The molecule has 2 saturated heterocycles. The van der Waals surface area contributed by atoms with E-state index in [0.29, 0.717) is 19.6 Å². The van der Waals surface area contributed by atoms with Crippen molar-refractivity contribution in [3.05, 3.63) is 0 Å². The van der Waals surface area contributed by atoms with E-state index >= 15 is 0 Å². The maximum absolute atomic E-state index is 11.9. The number of rotatable bonds is 0. The minimum atomic E-state index is -0.492. The van der Waals surface area contributed by atoms with Crippen LogP contribution in [-0.4, -0.2) is 54.3 Å². The summed E-state index contributed by atoms with van der Waals surface area (Å²) in [6.45, 7) is 7.14. The second kappa shape index (κ2) is 4.42. The third kappa shape index (κ3) is 2.93. The van der Waals surface area contributed by atoms with Crippen LogP contribution in [0.1, 0.15) is 27.2 Å². The molecule has 0 aromatic carbocycles. The lowest BCUT2D eigenvalue weighted by atomic mass is 10.0. The molecule has 0 aromatic heterocycles. The van der Waals surface area contributed by atoms with Crippen molar-refractivity contribution in [1.82, 2.24) is 10.2 Å². The van der Waals surface area contributed by atoms with Gasteiger partial charge in [-0.3, -0.25) is 4.79 Å². The zero-order valence-electron chi connectivity index (χ0n) is 11.1. The van der Waals surface area contributed by atoms with E-state index in [1.807, 2.05) is 20.8 Å². The molecule has 6 nitrogen and oxygen atoms in total. The van der Waals surface area contributed by atoms with Crippen molar-refractivity contribution in [2.45, 2.75) is 38.4 Å². The number of nitrogens with one attached hydrogen (secondary N) is 1. The quantitative estimate of drug-likeness (QED) is 0.686. The number of carbonyl (C=O) groups is 2. The highest BCUT2D eigenvalue weighted by molar-refractivity contribution is 5.78. The third-order valence-electron chi connectivity index (χ3n) is 3.09. The van der Waals surface area contributed by atoms with Crippen LogP contribution in [0.25, 0.3) is 0 Å². The van der Waals surface area contributed by atoms with E-state index < -0.39 is 11.2 Å². The number of nitrogens with zero attached hydrogens (tertiary/aromatic N) is 1. The van der Waals surface area contributed by atoms with Crippen molar-refractivity contribution in [3.63, 3.8) is 0 Å². The SMILES string of the molecule is CC(C)(C)OC(=O)N1CC[C@@]2(CNC(=O)CO2)C1. The van der Waals surface area contributed by atoms with Gasteiger partial charge in [0.25, 0.3) is 0 Å². The molecule has 0 bridgehead atoms. The summed E-state index contributed by atoms with van der Waals surface area (Å²) in [5, 5.41) is 2.78. The van der Waals surface area contributed by atoms with Crippen LogP contribution in [0.2, 0.25) is 0 Å². The van der Waals surface area contributed by atoms with Crippen molar-refractivity contribution in [3.8, 4) is 0 Å². The normalized spacial score (nSPS) is 28.4. The molecule has 2 rings (SSSR count). The fourth-order valence-corrected chi connectivity index (χ4v) is 2.17. The summed E-state index contributed by atoms with van der Waals surface area (Å²) >= 11 is 0. The van der Waals surface area contributed by atoms with Gasteiger partial charge in [-0.2, -0.15) is 0 Å². The van der Waals surface area contributed by atoms with Gasteiger partial charge in [0.1, 0.15) is 17.8 Å². The highest BCUT2D eigenvalue weighted by Crippen LogP contribution is 2.27. The molecule has 1 N–H and O–H groups in total. The topological polar surface area (TPSA) is 67.9 Å². The van der Waals surface area contributed by atoms with Crippen LogP contribution < -0.4 is 5.32 Å². The van der Waals surface area contributed by atoms with Gasteiger partial charge >= 0.3 is 6.09 Å². The Morgan fingerprint density at radius 2 is 2.22 bits per heavy atom. The van der Waals surface area contributed by atoms with Crippen LogP contribution in [-0.2, 0) is 14.3 Å². The molecular formula is C12H20N2O4. The molecule has 2 fully saturated rings. The molecule has 2 amide bonds. The highest BCUT2D eigenvalue weighted by atomic mass is 16.6. The van der Waals surface area contributed by atoms with Gasteiger partial charge in [0.15, 0.2) is 0 Å². The number of ether oxygens (including phenoxy) is 2. The first-order chi connectivity index (χ1) is 8.30. The zero-order valence-corrected chi connectivity index (χ0v) is 11.1. The van der Waals surface area contributed by atoms with Gasteiger partial charge in [-0.05, 0) is 27.2 Å². The average molecular weight is 256 g/mol. The van der Waals surface area contributed by atoms with Gasteiger partial charge in [-0.1, -0.05) is 0 Å².